The minimum Gasteiger partial charge on any atom is -0.358 e. The summed E-state index contributed by atoms with van der Waals surface area (Å²) in [5, 5.41) is 1.64. The van der Waals surface area contributed by atoms with Crippen molar-refractivity contribution >= 4 is 31.5 Å². The Kier molecular flexibility index (Phi) is 21.4. The van der Waals surface area contributed by atoms with Crippen LogP contribution in [-0.2, 0) is 74.8 Å². The van der Waals surface area contributed by atoms with Gasteiger partial charge in [0.25, 0.3) is 0 Å². The molecule has 0 radical (unpaired) electrons. The van der Waals surface area contributed by atoms with Crippen molar-refractivity contribution in [1.29, 1.82) is 0 Å². The minimum atomic E-state index is 0. The van der Waals surface area contributed by atoms with Gasteiger partial charge in [-0.2, -0.15) is 6.92 Å². The fraction of sp³-hybridized carbons (Fsp3) is 0.0588. The van der Waals surface area contributed by atoms with Crippen molar-refractivity contribution in [2.75, 3.05) is 0 Å². The van der Waals surface area contributed by atoms with Gasteiger partial charge in [0, 0.05) is 62.3 Å². The van der Waals surface area contributed by atoms with Gasteiger partial charge in [-0.1, -0.05) is 24.3 Å². The van der Waals surface area contributed by atoms with Crippen molar-refractivity contribution in [1.82, 2.24) is 0 Å². The van der Waals surface area contributed by atoms with E-state index >= 15 is 0 Å². The molecule has 0 spiro atoms. The summed E-state index contributed by atoms with van der Waals surface area (Å²) in [5.41, 5.74) is 0.139. The molecule has 0 amide bonds. The molecule has 0 fully saturated rings. The predicted octanol–water partition coefficient (Wildman–Crippen LogP) is 5.15. The zero-order valence-corrected chi connectivity index (χ0v) is 22.6. The minimum absolute atomic E-state index is 0. The molecule has 0 atom stereocenters. The average Bonchev–Trinajstić information content (AvgIpc) is 2.41. The van der Waals surface area contributed by atoms with Gasteiger partial charge in [0.15, 0.2) is 5.43 Å². The maximum Gasteiger partial charge on any atom is 3.00 e. The molecule has 0 saturated heterocycles. The van der Waals surface area contributed by atoms with E-state index in [0.717, 1.165) is 20.2 Å². The summed E-state index contributed by atoms with van der Waals surface area (Å²) in [6.45, 7) is 5.00. The fourth-order valence-corrected chi connectivity index (χ4v) is 2.82. The molecule has 0 bridgehead atoms. The Morgan fingerprint density at radius 1 is 0.773 bits per heavy atom. The molecule has 1 aromatic heterocycles. The Morgan fingerprint density at radius 3 is 1.45 bits per heavy atom. The Labute approximate surface area is 191 Å². The number of rotatable bonds is 0. The van der Waals surface area contributed by atoms with Crippen LogP contribution >= 0.6 is 11.3 Å². The third kappa shape index (κ3) is 6.74. The van der Waals surface area contributed by atoms with Gasteiger partial charge in [-0.05, 0) is 24.3 Å². The second-order valence-electron chi connectivity index (χ2n) is 3.42. The number of fused-ring (bicyclic) bond motifs is 2. The van der Waals surface area contributed by atoms with E-state index in [-0.39, 0.29) is 95.1 Å². The smallest absolute Gasteiger partial charge is 0.358 e. The molecule has 22 heavy (non-hydrogen) atoms. The number of benzene rings is 2. The van der Waals surface area contributed by atoms with E-state index in [2.05, 4.69) is 6.92 Å². The van der Waals surface area contributed by atoms with E-state index in [1.54, 1.807) is 18.3 Å². The van der Waals surface area contributed by atoms with Crippen LogP contribution in [0.4, 0.5) is 0 Å². The van der Waals surface area contributed by atoms with Crippen LogP contribution in [0.1, 0.15) is 6.92 Å². The molecule has 0 aliphatic carbocycles. The summed E-state index contributed by atoms with van der Waals surface area (Å²) >= 11 is 1.67. The second kappa shape index (κ2) is 15.3. The molecule has 0 aliphatic heterocycles. The summed E-state index contributed by atoms with van der Waals surface area (Å²) in [6, 6.07) is 15.5. The molecule has 0 unspecified atom stereocenters. The first kappa shape index (κ1) is 30.7. The Morgan fingerprint density at radius 2 is 1.09 bits per heavy atom. The maximum absolute atomic E-state index is 12.1. The summed E-state index contributed by atoms with van der Waals surface area (Å²) in [4.78, 5) is 12.1. The van der Waals surface area contributed by atoms with Gasteiger partial charge in [-0.25, -0.2) is 0 Å². The van der Waals surface area contributed by atoms with E-state index in [9.17, 15) is 4.79 Å². The number of hydrogen-bond donors (Lipinski definition) is 0. The molecule has 1 nitrogen and oxygen atoms in total. The van der Waals surface area contributed by atoms with Crippen molar-refractivity contribution in [3.05, 3.63) is 80.5 Å². The van der Waals surface area contributed by atoms with E-state index in [0.29, 0.717) is 0 Å². The van der Waals surface area contributed by atoms with Crippen LogP contribution in [0.5, 0.6) is 0 Å². The molecule has 1 heterocycles. The van der Waals surface area contributed by atoms with Crippen LogP contribution in [0.25, 0.3) is 20.2 Å². The van der Waals surface area contributed by atoms with Crippen LogP contribution < -0.4 is 5.43 Å². The van der Waals surface area contributed by atoms with E-state index in [4.69, 9.17) is 0 Å². The predicted molar refractivity (Wildman–Crippen MR) is 89.5 cm³/mol. The third-order valence-electron chi connectivity index (χ3n) is 2.48. The maximum atomic E-state index is 12.1. The molecule has 0 N–H and O–H groups in total. The van der Waals surface area contributed by atoms with Gasteiger partial charge >= 0.3 is 32.7 Å². The van der Waals surface area contributed by atoms with Gasteiger partial charge < -0.3 is 21.8 Å². The zero-order chi connectivity index (χ0) is 12.3. The summed E-state index contributed by atoms with van der Waals surface area (Å²) in [5.74, 6) is 0. The fourth-order valence-electron chi connectivity index (χ4n) is 1.75. The average molecular weight is 728 g/mol. The third-order valence-corrected chi connectivity index (χ3v) is 3.64. The van der Waals surface area contributed by atoms with Gasteiger partial charge in [-0.3, -0.25) is 4.79 Å². The van der Waals surface area contributed by atoms with Gasteiger partial charge in [0.05, 0.1) is 0 Å². The van der Waals surface area contributed by atoms with Crippen LogP contribution in [0.3, 0.4) is 0 Å². The Hall–Kier alpha value is 0.811. The topological polar surface area (TPSA) is 17.1 Å². The quantitative estimate of drug-likeness (QED) is 0.232. The van der Waals surface area contributed by atoms with Crippen molar-refractivity contribution in [3.63, 3.8) is 0 Å². The second-order valence-corrected chi connectivity index (χ2v) is 4.51. The standard InChI is InChI=1S/C13H8OS.C2H5.2CH3.2W.Y/c14-13-9-5-1-3-7-11(9)15-12-8-4-2-6-10(12)13;1-2;;;;;/h1-8H;1H2,2H3;2*1H3;;;/q;3*-1;;;+3. The molecule has 3 aromatic rings. The first-order valence-electron chi connectivity index (χ1n) is 5.47. The van der Waals surface area contributed by atoms with Crippen LogP contribution in [0.15, 0.2) is 53.3 Å². The van der Waals surface area contributed by atoms with Gasteiger partial charge in [-0.15, -0.1) is 11.3 Å². The van der Waals surface area contributed by atoms with Crippen molar-refractivity contribution < 1.29 is 74.8 Å². The molecule has 114 valence electrons. The Bertz CT molecular complexity index is 656. The van der Waals surface area contributed by atoms with E-state index in [1.165, 1.54) is 0 Å². The van der Waals surface area contributed by atoms with Crippen LogP contribution in [0, 0.1) is 21.8 Å². The summed E-state index contributed by atoms with van der Waals surface area (Å²) in [6.07, 6.45) is 0. The van der Waals surface area contributed by atoms with Crippen molar-refractivity contribution in [3.8, 4) is 0 Å². The summed E-state index contributed by atoms with van der Waals surface area (Å²) in [7, 11) is 0. The van der Waals surface area contributed by atoms with Crippen molar-refractivity contribution in [2.45, 2.75) is 6.92 Å². The van der Waals surface area contributed by atoms with Crippen LogP contribution in [-0.4, -0.2) is 0 Å². The molecule has 2 aromatic carbocycles. The SMILES string of the molecule is O=c1c2ccccc2sc2ccccc12.[CH2-]C.[CH3-].[CH3-].[W].[W].[Y+3]. The molecule has 5 heteroatoms. The Balaban J connectivity index is -0.000000223. The van der Waals surface area contributed by atoms with E-state index < -0.39 is 0 Å². The largest absolute Gasteiger partial charge is 3.00 e. The first-order valence-corrected chi connectivity index (χ1v) is 6.29. The van der Waals surface area contributed by atoms with Gasteiger partial charge in [0.1, 0.15) is 0 Å². The monoisotopic (exact) mass is 728 g/mol. The van der Waals surface area contributed by atoms with Gasteiger partial charge in [0.2, 0.25) is 0 Å². The normalized spacial score (nSPS) is 7.73. The molecule has 3 rings (SSSR count). The molecular formula is C17H19OSW2Y. The first-order chi connectivity index (χ1) is 8.36. The van der Waals surface area contributed by atoms with E-state index in [1.807, 2.05) is 48.5 Å². The number of hydrogen-bond acceptors (Lipinski definition) is 2. The zero-order valence-electron chi connectivity index (χ0n) is 13.0. The van der Waals surface area contributed by atoms with Crippen molar-refractivity contribution in [2.24, 2.45) is 0 Å². The molecular weight excluding hydrogens is 709 g/mol. The molecule has 0 aliphatic rings. The van der Waals surface area contributed by atoms with Crippen LogP contribution in [0.2, 0.25) is 0 Å². The summed E-state index contributed by atoms with van der Waals surface area (Å²) < 4.78 is 2.11. The molecule has 0 saturated carbocycles.